The Labute approximate surface area is 183 Å². The molecule has 31 heavy (non-hydrogen) atoms. The number of hydrogen-bond acceptors (Lipinski definition) is 3. The van der Waals surface area contributed by atoms with Crippen LogP contribution in [-0.4, -0.2) is 15.0 Å². The molecule has 0 radical (unpaired) electrons. The van der Waals surface area contributed by atoms with Crippen molar-refractivity contribution >= 4 is 11.1 Å². The van der Waals surface area contributed by atoms with Gasteiger partial charge < -0.3 is 0 Å². The van der Waals surface area contributed by atoms with Crippen LogP contribution in [0.2, 0.25) is 0 Å². The molecule has 1 aromatic heterocycles. The van der Waals surface area contributed by atoms with Crippen molar-refractivity contribution in [2.45, 2.75) is 32.1 Å². The average Bonchev–Trinajstić information content (AvgIpc) is 2.85. The first kappa shape index (κ1) is 19.4. The summed E-state index contributed by atoms with van der Waals surface area (Å²) in [6, 6.07) is 20.7. The maximum absolute atomic E-state index is 4.93. The van der Waals surface area contributed by atoms with Gasteiger partial charge in [0.2, 0.25) is 0 Å². The van der Waals surface area contributed by atoms with Gasteiger partial charge in [0.1, 0.15) is 5.82 Å². The van der Waals surface area contributed by atoms with Gasteiger partial charge in [-0.2, -0.15) is 0 Å². The topological polar surface area (TPSA) is 38.7 Å². The van der Waals surface area contributed by atoms with E-state index in [-0.39, 0.29) is 5.92 Å². The Balaban J connectivity index is 1.51. The van der Waals surface area contributed by atoms with Crippen LogP contribution in [0, 0.1) is 0 Å². The summed E-state index contributed by atoms with van der Waals surface area (Å²) in [5.41, 5.74) is 6.11. The summed E-state index contributed by atoms with van der Waals surface area (Å²) in [6.07, 6.45) is 14.0. The van der Waals surface area contributed by atoms with Crippen LogP contribution in [0.4, 0.5) is 0 Å². The van der Waals surface area contributed by atoms with Crippen molar-refractivity contribution in [1.29, 1.82) is 0 Å². The Morgan fingerprint density at radius 3 is 2.10 bits per heavy atom. The van der Waals surface area contributed by atoms with Crippen molar-refractivity contribution in [3.8, 4) is 11.4 Å². The van der Waals surface area contributed by atoms with Gasteiger partial charge in [0.25, 0.3) is 0 Å². The fraction of sp³-hybridized carbons (Fsp3) is 0.179. The van der Waals surface area contributed by atoms with Crippen molar-refractivity contribution in [2.75, 3.05) is 0 Å². The fourth-order valence-electron chi connectivity index (χ4n) is 4.00. The minimum atomic E-state index is 0.151. The van der Waals surface area contributed by atoms with Crippen LogP contribution in [-0.2, 0) is 0 Å². The molecule has 2 aliphatic rings. The second-order valence-electron chi connectivity index (χ2n) is 8.14. The van der Waals surface area contributed by atoms with Crippen LogP contribution >= 0.6 is 0 Å². The predicted octanol–water partition coefficient (Wildman–Crippen LogP) is 6.79. The first-order valence-corrected chi connectivity index (χ1v) is 10.9. The molecule has 1 unspecified atom stereocenters. The molecule has 2 aliphatic carbocycles. The molecule has 1 atom stereocenters. The second-order valence-corrected chi connectivity index (χ2v) is 8.14. The molecular formula is C28H25N3. The van der Waals surface area contributed by atoms with E-state index in [4.69, 9.17) is 15.0 Å². The van der Waals surface area contributed by atoms with Gasteiger partial charge in [0, 0.05) is 11.5 Å². The monoisotopic (exact) mass is 403 g/mol. The maximum Gasteiger partial charge on any atom is 0.163 e. The fourth-order valence-corrected chi connectivity index (χ4v) is 4.00. The van der Waals surface area contributed by atoms with E-state index in [0.717, 1.165) is 42.3 Å². The maximum atomic E-state index is 4.93. The third-order valence-corrected chi connectivity index (χ3v) is 5.87. The number of nitrogens with zero attached hydrogens (tertiary/aromatic N) is 3. The summed E-state index contributed by atoms with van der Waals surface area (Å²) in [5.74, 6) is 2.55. The number of hydrogen-bond donors (Lipinski definition) is 0. The van der Waals surface area contributed by atoms with Crippen LogP contribution in [0.5, 0.6) is 0 Å². The summed E-state index contributed by atoms with van der Waals surface area (Å²) in [4.78, 5) is 14.7. The second kappa shape index (κ2) is 8.65. The number of rotatable bonds is 4. The van der Waals surface area contributed by atoms with Crippen molar-refractivity contribution < 1.29 is 0 Å². The zero-order chi connectivity index (χ0) is 21.0. The van der Waals surface area contributed by atoms with Crippen molar-refractivity contribution in [3.63, 3.8) is 0 Å². The van der Waals surface area contributed by atoms with Crippen LogP contribution < -0.4 is 0 Å². The van der Waals surface area contributed by atoms with Gasteiger partial charge in [-0.05, 0) is 42.9 Å². The Morgan fingerprint density at radius 2 is 1.45 bits per heavy atom. The lowest BCUT2D eigenvalue weighted by atomic mass is 9.92. The van der Waals surface area contributed by atoms with Gasteiger partial charge >= 0.3 is 0 Å². The van der Waals surface area contributed by atoms with E-state index in [9.17, 15) is 0 Å². The summed E-state index contributed by atoms with van der Waals surface area (Å²) in [5, 5.41) is 0. The molecule has 0 saturated carbocycles. The molecular weight excluding hydrogens is 378 g/mol. The van der Waals surface area contributed by atoms with Gasteiger partial charge in [-0.25, -0.2) is 15.0 Å². The first-order valence-electron chi connectivity index (χ1n) is 10.9. The van der Waals surface area contributed by atoms with E-state index in [1.165, 1.54) is 22.3 Å². The van der Waals surface area contributed by atoms with Crippen LogP contribution in [0.1, 0.15) is 49.3 Å². The molecule has 3 heteroatoms. The van der Waals surface area contributed by atoms with E-state index in [1.54, 1.807) is 0 Å². The molecule has 3 nitrogen and oxygen atoms in total. The minimum Gasteiger partial charge on any atom is -0.213 e. The molecule has 152 valence electrons. The largest absolute Gasteiger partial charge is 0.213 e. The molecule has 0 amide bonds. The Hall–Kier alpha value is -3.59. The predicted molar refractivity (Wildman–Crippen MR) is 127 cm³/mol. The summed E-state index contributed by atoms with van der Waals surface area (Å²) in [7, 11) is 0. The van der Waals surface area contributed by atoms with Gasteiger partial charge in [-0.15, -0.1) is 0 Å². The average molecular weight is 404 g/mol. The Kier molecular flexibility index (Phi) is 5.40. The highest BCUT2D eigenvalue weighted by molar-refractivity contribution is 5.75. The third kappa shape index (κ3) is 4.31. The number of aromatic nitrogens is 3. The van der Waals surface area contributed by atoms with E-state index >= 15 is 0 Å². The molecule has 0 saturated heterocycles. The van der Waals surface area contributed by atoms with E-state index < -0.39 is 0 Å². The third-order valence-electron chi connectivity index (χ3n) is 5.87. The molecule has 2 aromatic carbocycles. The molecule has 5 rings (SSSR count). The summed E-state index contributed by atoms with van der Waals surface area (Å²) < 4.78 is 0. The SMILES string of the molecule is CC1=CC=C(c2nc(-c3ccccc3)nc(C3C=CC(c4ccccc4)=CC3)n2)CC1. The molecule has 0 bridgehead atoms. The zero-order valence-corrected chi connectivity index (χ0v) is 17.7. The normalized spacial score (nSPS) is 18.2. The van der Waals surface area contributed by atoms with E-state index in [1.807, 2.05) is 24.3 Å². The van der Waals surface area contributed by atoms with Gasteiger partial charge in [-0.1, -0.05) is 96.6 Å². The highest BCUT2D eigenvalue weighted by Gasteiger charge is 2.20. The van der Waals surface area contributed by atoms with E-state index in [2.05, 4.69) is 73.7 Å². The van der Waals surface area contributed by atoms with Crippen molar-refractivity contribution in [1.82, 2.24) is 15.0 Å². The van der Waals surface area contributed by atoms with Crippen molar-refractivity contribution in [3.05, 3.63) is 114 Å². The smallest absolute Gasteiger partial charge is 0.163 e. The quantitative estimate of drug-likeness (QED) is 0.481. The lowest BCUT2D eigenvalue weighted by Crippen LogP contribution is -2.10. The van der Waals surface area contributed by atoms with Gasteiger partial charge in [0.15, 0.2) is 11.6 Å². The molecule has 0 aliphatic heterocycles. The molecule has 0 spiro atoms. The Bertz CT molecular complexity index is 1200. The summed E-state index contributed by atoms with van der Waals surface area (Å²) in [6.45, 7) is 2.17. The molecule has 3 aromatic rings. The summed E-state index contributed by atoms with van der Waals surface area (Å²) >= 11 is 0. The molecule has 0 N–H and O–H groups in total. The minimum absolute atomic E-state index is 0.151. The number of allylic oxidation sites excluding steroid dienone is 8. The van der Waals surface area contributed by atoms with Crippen molar-refractivity contribution in [2.24, 2.45) is 0 Å². The lowest BCUT2D eigenvalue weighted by Gasteiger charge is -2.18. The van der Waals surface area contributed by atoms with Crippen LogP contribution in [0.15, 0.2) is 96.6 Å². The molecule has 0 fully saturated rings. The standard InChI is InChI=1S/C28H25N3/c1-20-12-14-24(15-13-20)27-29-26(23-10-6-3-7-11-23)30-28(31-27)25-18-16-22(17-19-25)21-8-4-2-5-9-21/h2-12,14,16-18,25H,13,15,19H2,1H3. The van der Waals surface area contributed by atoms with Crippen LogP contribution in [0.25, 0.3) is 22.5 Å². The molecule has 1 heterocycles. The van der Waals surface area contributed by atoms with Gasteiger partial charge in [0.05, 0.1) is 0 Å². The highest BCUT2D eigenvalue weighted by Crippen LogP contribution is 2.31. The van der Waals surface area contributed by atoms with Gasteiger partial charge in [-0.3, -0.25) is 0 Å². The first-order chi connectivity index (χ1) is 15.3. The highest BCUT2D eigenvalue weighted by atomic mass is 15.0. The zero-order valence-electron chi connectivity index (χ0n) is 17.7. The van der Waals surface area contributed by atoms with E-state index in [0.29, 0.717) is 0 Å². The van der Waals surface area contributed by atoms with Crippen LogP contribution in [0.3, 0.4) is 0 Å². The Morgan fingerprint density at radius 1 is 0.742 bits per heavy atom. The number of benzene rings is 2. The lowest BCUT2D eigenvalue weighted by molar-refractivity contribution is 0.755.